The summed E-state index contributed by atoms with van der Waals surface area (Å²) in [5.41, 5.74) is 2.27. The van der Waals surface area contributed by atoms with Crippen molar-refractivity contribution in [3.63, 3.8) is 0 Å². The molecule has 0 N–H and O–H groups in total. The molecule has 0 saturated heterocycles. The van der Waals surface area contributed by atoms with E-state index >= 15 is 0 Å². The lowest BCUT2D eigenvalue weighted by atomic mass is 9.84. The summed E-state index contributed by atoms with van der Waals surface area (Å²) in [5.74, 6) is -0.110. The third-order valence-corrected chi connectivity index (χ3v) is 4.15. The molecule has 4 heteroatoms. The minimum absolute atomic E-state index is 0.0846. The van der Waals surface area contributed by atoms with Crippen LogP contribution in [-0.4, -0.2) is 24.0 Å². The van der Waals surface area contributed by atoms with Crippen LogP contribution in [0.1, 0.15) is 52.6 Å². The van der Waals surface area contributed by atoms with E-state index in [0.29, 0.717) is 40.4 Å². The first kappa shape index (κ1) is 16.1. The molecule has 4 nitrogen and oxygen atoms in total. The van der Waals surface area contributed by atoms with Crippen LogP contribution >= 0.6 is 0 Å². The fraction of sp³-hybridized carbons (Fsp3) is 0.250. The highest BCUT2D eigenvalue weighted by atomic mass is 16.2. The average Bonchev–Trinajstić information content (AvgIpc) is 2.57. The largest absolute Gasteiger partial charge is 0.312 e. The minimum Gasteiger partial charge on any atom is -0.312 e. The van der Waals surface area contributed by atoms with Gasteiger partial charge in [-0.2, -0.15) is 0 Å². The van der Waals surface area contributed by atoms with Crippen molar-refractivity contribution in [1.82, 2.24) is 0 Å². The summed E-state index contributed by atoms with van der Waals surface area (Å²) in [6.45, 7) is 6.12. The predicted octanol–water partition coefficient (Wildman–Crippen LogP) is 3.47. The molecule has 1 amide bonds. The zero-order valence-corrected chi connectivity index (χ0v) is 14.0. The van der Waals surface area contributed by atoms with Gasteiger partial charge < -0.3 is 4.90 Å². The Morgan fingerprint density at radius 1 is 0.917 bits per heavy atom. The van der Waals surface area contributed by atoms with Gasteiger partial charge in [0, 0.05) is 41.4 Å². The van der Waals surface area contributed by atoms with Crippen molar-refractivity contribution >= 4 is 23.2 Å². The number of anilines is 1. The summed E-state index contributed by atoms with van der Waals surface area (Å²) in [6.07, 6.45) is 0. The number of ketones is 2. The highest BCUT2D eigenvalue weighted by Crippen LogP contribution is 2.30. The highest BCUT2D eigenvalue weighted by Gasteiger charge is 2.30. The van der Waals surface area contributed by atoms with Crippen LogP contribution in [0.4, 0.5) is 5.69 Å². The molecule has 0 heterocycles. The number of benzene rings is 2. The molecule has 0 radical (unpaired) electrons. The molecule has 1 aliphatic rings. The van der Waals surface area contributed by atoms with Gasteiger partial charge in [0.1, 0.15) is 0 Å². The maximum Gasteiger partial charge on any atom is 0.223 e. The van der Waals surface area contributed by atoms with E-state index in [1.54, 1.807) is 47.4 Å². The summed E-state index contributed by atoms with van der Waals surface area (Å²) < 4.78 is 0. The van der Waals surface area contributed by atoms with Gasteiger partial charge in [0.25, 0.3) is 0 Å². The van der Waals surface area contributed by atoms with Crippen molar-refractivity contribution in [1.29, 1.82) is 0 Å². The van der Waals surface area contributed by atoms with Crippen LogP contribution in [0.3, 0.4) is 0 Å². The maximum absolute atomic E-state index is 12.8. The number of fused-ring (bicyclic) bond motifs is 2. The third-order valence-electron chi connectivity index (χ3n) is 4.15. The second-order valence-corrected chi connectivity index (χ2v) is 6.46. The molecule has 0 spiro atoms. The Balaban J connectivity index is 2.10. The molecule has 24 heavy (non-hydrogen) atoms. The normalized spacial score (nSPS) is 12.8. The molecule has 122 valence electrons. The summed E-state index contributed by atoms with van der Waals surface area (Å²) in [6, 6.07) is 11.9. The monoisotopic (exact) mass is 321 g/mol. The molecule has 0 fully saturated rings. The molecule has 0 aromatic heterocycles. The quantitative estimate of drug-likeness (QED) is 0.742. The van der Waals surface area contributed by atoms with Crippen LogP contribution in [-0.2, 0) is 4.79 Å². The highest BCUT2D eigenvalue weighted by molar-refractivity contribution is 6.28. The zero-order valence-electron chi connectivity index (χ0n) is 14.0. The number of rotatable bonds is 3. The van der Waals surface area contributed by atoms with Gasteiger partial charge in [0.15, 0.2) is 11.6 Å². The van der Waals surface area contributed by atoms with Gasteiger partial charge in [-0.25, -0.2) is 0 Å². The minimum atomic E-state index is -0.171. The van der Waals surface area contributed by atoms with Crippen LogP contribution in [0.5, 0.6) is 0 Å². The Bertz CT molecular complexity index is 852. The summed E-state index contributed by atoms with van der Waals surface area (Å²) in [7, 11) is 0. The molecule has 0 bridgehead atoms. The second kappa shape index (κ2) is 6.04. The first-order valence-corrected chi connectivity index (χ1v) is 8.00. The van der Waals surface area contributed by atoms with E-state index in [2.05, 4.69) is 0 Å². The van der Waals surface area contributed by atoms with E-state index in [9.17, 15) is 14.4 Å². The van der Waals surface area contributed by atoms with Crippen molar-refractivity contribution in [3.8, 4) is 0 Å². The third kappa shape index (κ3) is 2.64. The van der Waals surface area contributed by atoms with Gasteiger partial charge in [0.2, 0.25) is 5.91 Å². The van der Waals surface area contributed by atoms with Gasteiger partial charge in [-0.05, 0) is 24.1 Å². The standard InChI is InChI=1S/C20H19NO3/c1-12(2)11-21(13(3)22)14-8-9-17-18(10-14)20(24)16-7-5-4-6-15(16)19(17)23/h4-10,12H,11H2,1-3H3. The van der Waals surface area contributed by atoms with Crippen LogP contribution in [0.15, 0.2) is 42.5 Å². The van der Waals surface area contributed by atoms with Crippen LogP contribution < -0.4 is 4.90 Å². The molecule has 0 saturated carbocycles. The summed E-state index contributed by atoms with van der Waals surface area (Å²) >= 11 is 0. The molecule has 2 aromatic rings. The Morgan fingerprint density at radius 3 is 2.00 bits per heavy atom. The van der Waals surface area contributed by atoms with Crippen molar-refractivity contribution in [2.75, 3.05) is 11.4 Å². The molecular weight excluding hydrogens is 302 g/mol. The van der Waals surface area contributed by atoms with Crippen LogP contribution in [0.25, 0.3) is 0 Å². The van der Waals surface area contributed by atoms with Crippen molar-refractivity contribution in [3.05, 3.63) is 64.7 Å². The topological polar surface area (TPSA) is 54.5 Å². The lowest BCUT2D eigenvalue weighted by Crippen LogP contribution is -2.32. The number of carbonyl (C=O) groups is 3. The van der Waals surface area contributed by atoms with Crippen molar-refractivity contribution in [2.24, 2.45) is 5.92 Å². The molecular formula is C20H19NO3. The lowest BCUT2D eigenvalue weighted by Gasteiger charge is -2.25. The van der Waals surface area contributed by atoms with E-state index in [0.717, 1.165) is 0 Å². The first-order chi connectivity index (χ1) is 11.4. The van der Waals surface area contributed by atoms with Crippen LogP contribution in [0.2, 0.25) is 0 Å². The van der Waals surface area contributed by atoms with Gasteiger partial charge in [-0.3, -0.25) is 14.4 Å². The van der Waals surface area contributed by atoms with Crippen molar-refractivity contribution < 1.29 is 14.4 Å². The lowest BCUT2D eigenvalue weighted by molar-refractivity contribution is -0.116. The van der Waals surface area contributed by atoms with E-state index in [1.165, 1.54) is 6.92 Å². The molecule has 0 unspecified atom stereocenters. The number of hydrogen-bond acceptors (Lipinski definition) is 3. The number of carbonyl (C=O) groups excluding carboxylic acids is 3. The van der Waals surface area contributed by atoms with Gasteiger partial charge in [-0.15, -0.1) is 0 Å². The number of amides is 1. The second-order valence-electron chi connectivity index (χ2n) is 6.46. The maximum atomic E-state index is 12.8. The molecule has 1 aliphatic carbocycles. The van der Waals surface area contributed by atoms with Crippen LogP contribution in [0, 0.1) is 5.92 Å². The number of hydrogen-bond donors (Lipinski definition) is 0. The van der Waals surface area contributed by atoms with Gasteiger partial charge >= 0.3 is 0 Å². The van der Waals surface area contributed by atoms with Crippen molar-refractivity contribution in [2.45, 2.75) is 20.8 Å². The SMILES string of the molecule is CC(=O)N(CC(C)C)c1ccc2c(c1)C(=O)c1ccccc1C2=O. The summed E-state index contributed by atoms with van der Waals surface area (Å²) in [5, 5.41) is 0. The zero-order chi connectivity index (χ0) is 17.4. The fourth-order valence-electron chi connectivity index (χ4n) is 3.04. The Labute approximate surface area is 141 Å². The first-order valence-electron chi connectivity index (χ1n) is 8.00. The van der Waals surface area contributed by atoms with E-state index < -0.39 is 0 Å². The Hall–Kier alpha value is -2.75. The van der Waals surface area contributed by atoms with E-state index in [1.807, 2.05) is 13.8 Å². The number of nitrogens with zero attached hydrogens (tertiary/aromatic N) is 1. The molecule has 2 aromatic carbocycles. The predicted molar refractivity (Wildman–Crippen MR) is 92.6 cm³/mol. The van der Waals surface area contributed by atoms with Gasteiger partial charge in [0.05, 0.1) is 0 Å². The summed E-state index contributed by atoms with van der Waals surface area (Å²) in [4.78, 5) is 39.0. The van der Waals surface area contributed by atoms with E-state index in [4.69, 9.17) is 0 Å². The van der Waals surface area contributed by atoms with E-state index in [-0.39, 0.29) is 17.5 Å². The average molecular weight is 321 g/mol. The Kier molecular flexibility index (Phi) is 4.06. The molecule has 0 aliphatic heterocycles. The smallest absolute Gasteiger partial charge is 0.223 e. The van der Waals surface area contributed by atoms with Gasteiger partial charge in [-0.1, -0.05) is 38.1 Å². The molecule has 0 atom stereocenters. The Morgan fingerprint density at radius 2 is 1.46 bits per heavy atom. The fourth-order valence-corrected chi connectivity index (χ4v) is 3.04. The molecule has 3 rings (SSSR count).